The maximum atomic E-state index is 6.13. The first-order valence-electron chi connectivity index (χ1n) is 8.51. The molecular weight excluding hydrogens is 357 g/mol. The first kappa shape index (κ1) is 16.6. The van der Waals surface area contributed by atoms with Crippen LogP contribution < -0.4 is 10.6 Å². The lowest BCUT2D eigenvalue weighted by atomic mass is 9.79. The molecule has 0 saturated heterocycles. The van der Waals surface area contributed by atoms with E-state index in [1.165, 1.54) is 19.3 Å². The normalized spacial score (nSPS) is 18.2. The number of halogens is 2. The third-order valence-corrected chi connectivity index (χ3v) is 5.63. The lowest BCUT2D eigenvalue weighted by Crippen LogP contribution is -2.55. The molecule has 2 N–H and O–H groups in total. The topological polar surface area (TPSA) is 62.2 Å². The molecule has 1 aromatic heterocycles. The summed E-state index contributed by atoms with van der Waals surface area (Å²) in [5.74, 6) is 1.78. The maximum absolute atomic E-state index is 6.13. The highest BCUT2D eigenvalue weighted by molar-refractivity contribution is 6.42. The van der Waals surface area contributed by atoms with Crippen molar-refractivity contribution in [2.75, 3.05) is 5.32 Å². The van der Waals surface area contributed by atoms with Gasteiger partial charge in [0.15, 0.2) is 5.82 Å². The van der Waals surface area contributed by atoms with E-state index in [1.54, 1.807) is 12.5 Å². The molecule has 0 unspecified atom stereocenters. The number of hydrogen-bond donors (Lipinski definition) is 2. The largest absolute Gasteiger partial charge is 0.367 e. The molecule has 25 heavy (non-hydrogen) atoms. The van der Waals surface area contributed by atoms with Crippen molar-refractivity contribution in [1.82, 2.24) is 15.3 Å². The van der Waals surface area contributed by atoms with Gasteiger partial charge in [-0.2, -0.15) is 0 Å². The van der Waals surface area contributed by atoms with Crippen LogP contribution in [0.4, 0.5) is 11.5 Å². The van der Waals surface area contributed by atoms with Crippen molar-refractivity contribution in [2.45, 2.75) is 44.2 Å². The number of anilines is 1. The van der Waals surface area contributed by atoms with Crippen molar-refractivity contribution in [2.24, 2.45) is 4.99 Å². The van der Waals surface area contributed by atoms with Gasteiger partial charge in [0.1, 0.15) is 17.9 Å². The van der Waals surface area contributed by atoms with E-state index in [4.69, 9.17) is 28.2 Å². The van der Waals surface area contributed by atoms with Crippen LogP contribution in [0.3, 0.4) is 0 Å². The van der Waals surface area contributed by atoms with Crippen molar-refractivity contribution >= 4 is 40.5 Å². The first-order valence-corrected chi connectivity index (χ1v) is 9.27. The number of fused-ring (bicyclic) bond motifs is 1. The highest BCUT2D eigenvalue weighted by atomic mass is 35.5. The monoisotopic (exact) mass is 375 g/mol. The molecule has 0 atom stereocenters. The minimum absolute atomic E-state index is 0.171. The summed E-state index contributed by atoms with van der Waals surface area (Å²) >= 11 is 12.1. The molecule has 130 valence electrons. The Kier molecular flexibility index (Phi) is 4.52. The summed E-state index contributed by atoms with van der Waals surface area (Å²) < 4.78 is 0. The highest BCUT2D eigenvalue weighted by Crippen LogP contribution is 2.38. The van der Waals surface area contributed by atoms with Crippen LogP contribution in [0.1, 0.15) is 37.7 Å². The van der Waals surface area contributed by atoms with Crippen molar-refractivity contribution in [3.8, 4) is 0 Å². The zero-order chi connectivity index (χ0) is 17.3. The number of aromatic nitrogens is 2. The van der Waals surface area contributed by atoms with E-state index in [0.29, 0.717) is 16.6 Å². The molecule has 5 nitrogen and oxygen atoms in total. The second-order valence-electron chi connectivity index (χ2n) is 6.59. The smallest absolute Gasteiger partial charge is 0.156 e. The van der Waals surface area contributed by atoms with Gasteiger partial charge < -0.3 is 10.6 Å². The predicted octanol–water partition coefficient (Wildman–Crippen LogP) is 4.73. The Balaban J connectivity index is 1.62. The fourth-order valence-corrected chi connectivity index (χ4v) is 3.90. The van der Waals surface area contributed by atoms with E-state index < -0.39 is 0 Å². The molecule has 4 rings (SSSR count). The molecule has 0 amide bonds. The third-order valence-electron chi connectivity index (χ3n) is 4.89. The number of rotatable bonds is 2. The number of aliphatic imine (C=N–C) groups is 1. The van der Waals surface area contributed by atoms with E-state index in [-0.39, 0.29) is 5.54 Å². The van der Waals surface area contributed by atoms with Crippen molar-refractivity contribution in [1.29, 1.82) is 0 Å². The van der Waals surface area contributed by atoms with Gasteiger partial charge in [-0.3, -0.25) is 0 Å². The number of nitrogens with one attached hydrogen (secondary N) is 2. The van der Waals surface area contributed by atoms with Crippen molar-refractivity contribution in [3.05, 3.63) is 46.3 Å². The molecule has 1 saturated carbocycles. The third kappa shape index (κ3) is 3.31. The fraction of sp³-hybridized carbons (Fsp3) is 0.389. The van der Waals surface area contributed by atoms with Crippen LogP contribution >= 0.6 is 23.2 Å². The summed E-state index contributed by atoms with van der Waals surface area (Å²) in [4.78, 5) is 13.3. The van der Waals surface area contributed by atoms with Gasteiger partial charge in [0.2, 0.25) is 0 Å². The summed E-state index contributed by atoms with van der Waals surface area (Å²) in [5, 5.41) is 8.28. The SMILES string of the molecule is Clc1ccc(CNC2=Nc3cncnc3NC23CCCCC3)cc1Cl. The molecule has 1 aromatic carbocycles. The minimum atomic E-state index is -0.171. The van der Waals surface area contributed by atoms with Crippen LogP contribution in [0.25, 0.3) is 0 Å². The number of amidine groups is 1. The molecule has 1 spiro atoms. The zero-order valence-corrected chi connectivity index (χ0v) is 15.2. The Morgan fingerprint density at radius 1 is 1.12 bits per heavy atom. The van der Waals surface area contributed by atoms with Gasteiger partial charge >= 0.3 is 0 Å². The van der Waals surface area contributed by atoms with Crippen LogP contribution in [0.15, 0.2) is 35.7 Å². The lowest BCUT2D eigenvalue weighted by Gasteiger charge is -2.42. The van der Waals surface area contributed by atoms with Crippen LogP contribution in [-0.4, -0.2) is 21.3 Å². The predicted molar refractivity (Wildman–Crippen MR) is 102 cm³/mol. The average Bonchev–Trinajstić information content (AvgIpc) is 2.63. The van der Waals surface area contributed by atoms with E-state index >= 15 is 0 Å². The molecule has 2 aromatic rings. The second-order valence-corrected chi connectivity index (χ2v) is 7.40. The summed E-state index contributed by atoms with van der Waals surface area (Å²) in [6.07, 6.45) is 9.02. The molecule has 0 bridgehead atoms. The molecule has 2 aliphatic rings. The van der Waals surface area contributed by atoms with E-state index in [9.17, 15) is 0 Å². The number of hydrogen-bond acceptors (Lipinski definition) is 5. The molecule has 1 aliphatic carbocycles. The van der Waals surface area contributed by atoms with Gasteiger partial charge in [0.25, 0.3) is 0 Å². The van der Waals surface area contributed by atoms with Crippen molar-refractivity contribution < 1.29 is 0 Å². The van der Waals surface area contributed by atoms with Gasteiger partial charge in [-0.25, -0.2) is 15.0 Å². The van der Waals surface area contributed by atoms with Gasteiger partial charge in [-0.1, -0.05) is 48.5 Å². The number of nitrogens with zero attached hydrogens (tertiary/aromatic N) is 3. The van der Waals surface area contributed by atoms with Crippen LogP contribution in [-0.2, 0) is 6.54 Å². The Morgan fingerprint density at radius 3 is 2.76 bits per heavy atom. The Labute approximate surface area is 156 Å². The highest BCUT2D eigenvalue weighted by Gasteiger charge is 2.40. The first-order chi connectivity index (χ1) is 12.2. The zero-order valence-electron chi connectivity index (χ0n) is 13.7. The fourth-order valence-electron chi connectivity index (χ4n) is 3.57. The van der Waals surface area contributed by atoms with Gasteiger partial charge in [0, 0.05) is 6.54 Å². The van der Waals surface area contributed by atoms with E-state index in [0.717, 1.165) is 35.7 Å². The summed E-state index contributed by atoms with van der Waals surface area (Å²) in [6, 6.07) is 5.68. The van der Waals surface area contributed by atoms with Gasteiger partial charge in [0.05, 0.1) is 21.8 Å². The maximum Gasteiger partial charge on any atom is 0.156 e. The molecular formula is C18H19Cl2N5. The van der Waals surface area contributed by atoms with Crippen LogP contribution in [0.5, 0.6) is 0 Å². The van der Waals surface area contributed by atoms with Gasteiger partial charge in [-0.15, -0.1) is 0 Å². The molecule has 1 fully saturated rings. The van der Waals surface area contributed by atoms with Crippen molar-refractivity contribution in [3.63, 3.8) is 0 Å². The summed E-state index contributed by atoms with van der Waals surface area (Å²) in [7, 11) is 0. The van der Waals surface area contributed by atoms with Gasteiger partial charge in [-0.05, 0) is 30.5 Å². The second kappa shape index (κ2) is 6.81. The summed E-state index contributed by atoms with van der Waals surface area (Å²) in [5.41, 5.74) is 1.67. The minimum Gasteiger partial charge on any atom is -0.367 e. The molecule has 1 aliphatic heterocycles. The quantitative estimate of drug-likeness (QED) is 0.795. The Morgan fingerprint density at radius 2 is 1.96 bits per heavy atom. The lowest BCUT2D eigenvalue weighted by molar-refractivity contribution is 0.395. The Hall–Kier alpha value is -1.85. The van der Waals surface area contributed by atoms with E-state index in [2.05, 4.69) is 20.6 Å². The van der Waals surface area contributed by atoms with Crippen LogP contribution in [0.2, 0.25) is 10.0 Å². The molecule has 7 heteroatoms. The Bertz CT molecular complexity index is 815. The van der Waals surface area contributed by atoms with E-state index in [1.807, 2.05) is 18.2 Å². The summed E-state index contributed by atoms with van der Waals surface area (Å²) in [6.45, 7) is 0.641. The van der Waals surface area contributed by atoms with Crippen LogP contribution in [0, 0.1) is 0 Å². The average molecular weight is 376 g/mol. The number of benzene rings is 1. The standard InChI is InChI=1S/C18H19Cl2N5/c19-13-5-4-12(8-14(13)20)9-22-17-18(6-2-1-3-7-18)25-16-15(24-17)10-21-11-23-16/h4-5,8,10-11H,1-3,6-7,9H2,(H,22,24)(H,21,23,25). The molecule has 2 heterocycles. The molecule has 0 radical (unpaired) electrons.